The molecule has 0 aliphatic rings. The van der Waals surface area contributed by atoms with Crippen LogP contribution in [-0.4, -0.2) is 22.2 Å². The summed E-state index contributed by atoms with van der Waals surface area (Å²) >= 11 is 0. The van der Waals surface area contributed by atoms with Crippen molar-refractivity contribution >= 4 is 11.9 Å². The lowest BCUT2D eigenvalue weighted by atomic mass is 9.87. The molecule has 0 saturated carbocycles. The zero-order valence-electron chi connectivity index (χ0n) is 11.7. The van der Waals surface area contributed by atoms with E-state index in [1.54, 1.807) is 13.8 Å². The van der Waals surface area contributed by atoms with Gasteiger partial charge in [0.2, 0.25) is 0 Å². The van der Waals surface area contributed by atoms with Crippen LogP contribution < -0.4 is 0 Å². The summed E-state index contributed by atoms with van der Waals surface area (Å²) in [4.78, 5) is 21.5. The second kappa shape index (κ2) is 8.95. The SMILES string of the molecule is CCCC(CCCC(C)C(=O)O)CC(C)C(=O)O. The Labute approximate surface area is 109 Å². The van der Waals surface area contributed by atoms with Gasteiger partial charge in [0, 0.05) is 0 Å². The molecular formula is C14H26O4. The molecule has 0 aliphatic heterocycles. The van der Waals surface area contributed by atoms with Gasteiger partial charge in [0.05, 0.1) is 11.8 Å². The predicted octanol–water partition coefficient (Wildman–Crippen LogP) is 3.40. The molecule has 4 nitrogen and oxygen atoms in total. The maximum atomic E-state index is 10.8. The van der Waals surface area contributed by atoms with Crippen LogP contribution in [0.4, 0.5) is 0 Å². The second-order valence-electron chi connectivity index (χ2n) is 5.30. The van der Waals surface area contributed by atoms with Crippen LogP contribution >= 0.6 is 0 Å². The van der Waals surface area contributed by atoms with Crippen LogP contribution in [0, 0.1) is 17.8 Å². The van der Waals surface area contributed by atoms with Crippen molar-refractivity contribution < 1.29 is 19.8 Å². The van der Waals surface area contributed by atoms with Crippen LogP contribution in [-0.2, 0) is 9.59 Å². The van der Waals surface area contributed by atoms with Crippen molar-refractivity contribution in [3.63, 3.8) is 0 Å². The van der Waals surface area contributed by atoms with E-state index in [2.05, 4.69) is 6.92 Å². The third kappa shape index (κ3) is 7.30. The molecule has 0 amide bonds. The lowest BCUT2D eigenvalue weighted by Gasteiger charge is -2.18. The molecular weight excluding hydrogens is 232 g/mol. The molecule has 0 radical (unpaired) electrons. The lowest BCUT2D eigenvalue weighted by Crippen LogP contribution is -2.15. The van der Waals surface area contributed by atoms with Crippen molar-refractivity contribution in [1.82, 2.24) is 0 Å². The van der Waals surface area contributed by atoms with E-state index in [1.165, 1.54) is 0 Å². The van der Waals surface area contributed by atoms with E-state index < -0.39 is 11.9 Å². The van der Waals surface area contributed by atoms with Gasteiger partial charge in [0.15, 0.2) is 0 Å². The van der Waals surface area contributed by atoms with Gasteiger partial charge in [-0.25, -0.2) is 0 Å². The first-order valence-corrected chi connectivity index (χ1v) is 6.84. The Balaban J connectivity index is 4.04. The number of carboxylic acids is 2. The van der Waals surface area contributed by atoms with Crippen molar-refractivity contribution in [2.45, 2.75) is 59.3 Å². The summed E-state index contributed by atoms with van der Waals surface area (Å²) in [7, 11) is 0. The van der Waals surface area contributed by atoms with Crippen molar-refractivity contribution in [2.75, 3.05) is 0 Å². The second-order valence-corrected chi connectivity index (χ2v) is 5.30. The van der Waals surface area contributed by atoms with Crippen LogP contribution in [0.15, 0.2) is 0 Å². The number of rotatable bonds is 10. The fourth-order valence-corrected chi connectivity index (χ4v) is 2.23. The molecule has 0 aromatic heterocycles. The molecule has 0 saturated heterocycles. The minimum absolute atomic E-state index is 0.302. The van der Waals surface area contributed by atoms with E-state index in [0.29, 0.717) is 18.8 Å². The molecule has 0 heterocycles. The van der Waals surface area contributed by atoms with E-state index in [-0.39, 0.29) is 11.8 Å². The largest absolute Gasteiger partial charge is 0.481 e. The van der Waals surface area contributed by atoms with Crippen molar-refractivity contribution in [3.8, 4) is 0 Å². The smallest absolute Gasteiger partial charge is 0.306 e. The van der Waals surface area contributed by atoms with Crippen molar-refractivity contribution in [3.05, 3.63) is 0 Å². The molecule has 18 heavy (non-hydrogen) atoms. The third-order valence-corrected chi connectivity index (χ3v) is 3.48. The standard InChI is InChI=1S/C14H26O4/c1-4-6-12(9-11(3)14(17)18)8-5-7-10(2)13(15)16/h10-12H,4-9H2,1-3H3,(H,15,16)(H,17,18). The molecule has 3 atom stereocenters. The Morgan fingerprint density at radius 2 is 1.50 bits per heavy atom. The average molecular weight is 258 g/mol. The normalized spacial score (nSPS) is 15.9. The fraction of sp³-hybridized carbons (Fsp3) is 0.857. The van der Waals surface area contributed by atoms with Gasteiger partial charge in [-0.2, -0.15) is 0 Å². The molecule has 3 unspecified atom stereocenters. The summed E-state index contributed by atoms with van der Waals surface area (Å²) in [5.41, 5.74) is 0. The van der Waals surface area contributed by atoms with Gasteiger partial charge < -0.3 is 10.2 Å². The molecule has 106 valence electrons. The van der Waals surface area contributed by atoms with Crippen LogP contribution in [0.1, 0.15) is 59.3 Å². The Hall–Kier alpha value is -1.06. The summed E-state index contributed by atoms with van der Waals surface area (Å²) < 4.78 is 0. The van der Waals surface area contributed by atoms with Gasteiger partial charge >= 0.3 is 11.9 Å². The number of hydrogen-bond donors (Lipinski definition) is 2. The molecule has 0 fully saturated rings. The van der Waals surface area contributed by atoms with Crippen LogP contribution in [0.5, 0.6) is 0 Å². The van der Waals surface area contributed by atoms with Gasteiger partial charge in [0.25, 0.3) is 0 Å². The maximum Gasteiger partial charge on any atom is 0.306 e. The lowest BCUT2D eigenvalue weighted by molar-refractivity contribution is -0.142. The quantitative estimate of drug-likeness (QED) is 0.629. The number of carboxylic acid groups (broad SMARTS) is 2. The van der Waals surface area contributed by atoms with Crippen LogP contribution in [0.2, 0.25) is 0 Å². The molecule has 2 N–H and O–H groups in total. The van der Waals surface area contributed by atoms with E-state index in [4.69, 9.17) is 10.2 Å². The maximum absolute atomic E-state index is 10.8. The Kier molecular flexibility index (Phi) is 8.42. The number of carbonyl (C=O) groups is 2. The summed E-state index contributed by atoms with van der Waals surface area (Å²) in [5, 5.41) is 17.7. The highest BCUT2D eigenvalue weighted by atomic mass is 16.4. The minimum atomic E-state index is -0.749. The molecule has 4 heteroatoms. The first kappa shape index (κ1) is 16.9. The zero-order valence-corrected chi connectivity index (χ0v) is 11.7. The van der Waals surface area contributed by atoms with Gasteiger partial charge in [0.1, 0.15) is 0 Å². The summed E-state index contributed by atoms with van der Waals surface area (Å²) in [6.45, 7) is 5.56. The third-order valence-electron chi connectivity index (χ3n) is 3.48. The monoisotopic (exact) mass is 258 g/mol. The van der Waals surface area contributed by atoms with Gasteiger partial charge in [-0.3, -0.25) is 9.59 Å². The Bertz CT molecular complexity index is 263. The Morgan fingerprint density at radius 1 is 0.944 bits per heavy atom. The fourth-order valence-electron chi connectivity index (χ4n) is 2.23. The first-order valence-electron chi connectivity index (χ1n) is 6.84. The molecule has 0 aromatic rings. The van der Waals surface area contributed by atoms with Crippen molar-refractivity contribution in [1.29, 1.82) is 0 Å². The summed E-state index contributed by atoms with van der Waals surface area (Å²) in [6.07, 6.45) is 5.25. The minimum Gasteiger partial charge on any atom is -0.481 e. The van der Waals surface area contributed by atoms with Crippen LogP contribution in [0.3, 0.4) is 0 Å². The van der Waals surface area contributed by atoms with E-state index >= 15 is 0 Å². The van der Waals surface area contributed by atoms with E-state index in [1.807, 2.05) is 0 Å². The van der Waals surface area contributed by atoms with Gasteiger partial charge in [-0.15, -0.1) is 0 Å². The highest BCUT2D eigenvalue weighted by Gasteiger charge is 2.18. The van der Waals surface area contributed by atoms with Gasteiger partial charge in [-0.05, 0) is 18.8 Å². The summed E-state index contributed by atoms with van der Waals surface area (Å²) in [5.74, 6) is -1.69. The number of aliphatic carboxylic acids is 2. The summed E-state index contributed by atoms with van der Waals surface area (Å²) in [6, 6.07) is 0. The number of hydrogen-bond acceptors (Lipinski definition) is 2. The topological polar surface area (TPSA) is 74.6 Å². The Morgan fingerprint density at radius 3 is 1.94 bits per heavy atom. The van der Waals surface area contributed by atoms with Crippen LogP contribution in [0.25, 0.3) is 0 Å². The molecule has 0 bridgehead atoms. The molecule has 0 rings (SSSR count). The van der Waals surface area contributed by atoms with E-state index in [0.717, 1.165) is 25.7 Å². The van der Waals surface area contributed by atoms with Crippen molar-refractivity contribution in [2.24, 2.45) is 17.8 Å². The molecule has 0 aromatic carbocycles. The molecule has 0 spiro atoms. The average Bonchev–Trinajstić information content (AvgIpc) is 2.28. The molecule has 0 aliphatic carbocycles. The highest BCUT2D eigenvalue weighted by molar-refractivity contribution is 5.69. The predicted molar refractivity (Wildman–Crippen MR) is 70.5 cm³/mol. The highest BCUT2D eigenvalue weighted by Crippen LogP contribution is 2.24. The first-order chi connectivity index (χ1) is 8.38. The zero-order chi connectivity index (χ0) is 14.1. The van der Waals surface area contributed by atoms with Gasteiger partial charge in [-0.1, -0.05) is 46.5 Å². The van der Waals surface area contributed by atoms with E-state index in [9.17, 15) is 9.59 Å².